The molecule has 32 heavy (non-hydrogen) atoms. The molecule has 178 valence electrons. The molecule has 0 bridgehead atoms. The minimum Gasteiger partial charge on any atom is -0.364 e. The van der Waals surface area contributed by atoms with Gasteiger partial charge in [0.15, 0.2) is 11.5 Å². The maximum absolute atomic E-state index is 12.0. The molecule has 1 aromatic heterocycles. The number of anilines is 1. The molecule has 0 atom stereocenters. The number of amidine groups is 1. The second kappa shape index (κ2) is 11.8. The number of nitrogens with zero attached hydrogens (tertiary/aromatic N) is 3. The highest BCUT2D eigenvalue weighted by Crippen LogP contribution is 2.20. The first-order valence-corrected chi connectivity index (χ1v) is 11.3. The molecule has 2 aromatic rings. The topological polar surface area (TPSA) is 151 Å². The van der Waals surface area contributed by atoms with Crippen molar-refractivity contribution in [1.82, 2.24) is 20.5 Å². The third kappa shape index (κ3) is 9.59. The lowest BCUT2D eigenvalue weighted by Crippen LogP contribution is -2.28. The van der Waals surface area contributed by atoms with E-state index >= 15 is 0 Å². The molecule has 1 aromatic carbocycles. The van der Waals surface area contributed by atoms with E-state index < -0.39 is 23.0 Å². The van der Waals surface area contributed by atoms with Crippen LogP contribution in [-0.4, -0.2) is 62.1 Å². The minimum atomic E-state index is -4.63. The number of aromatic nitrogens is 2. The third-order valence-electron chi connectivity index (χ3n) is 3.88. The minimum absolute atomic E-state index is 0.0570. The van der Waals surface area contributed by atoms with Gasteiger partial charge in [0.25, 0.3) is 0 Å². The van der Waals surface area contributed by atoms with Crippen LogP contribution in [0.4, 0.5) is 24.7 Å². The number of hydroxylamine groups is 1. The molecule has 0 fully saturated rings. The number of aryl methyl sites for hydroxylation is 1. The van der Waals surface area contributed by atoms with Gasteiger partial charge in [0.05, 0.1) is 18.6 Å². The SMILES string of the molecule is CS(=O)(=O)NCCNc1nonc1C(=Nc1cccc(CCCCOC(F)(F)F)c1)NO. The predicted molar refractivity (Wildman–Crippen MR) is 108 cm³/mol. The van der Waals surface area contributed by atoms with E-state index in [1.165, 1.54) is 0 Å². The molecule has 0 spiro atoms. The summed E-state index contributed by atoms with van der Waals surface area (Å²) in [5.41, 5.74) is 3.25. The molecule has 0 unspecified atom stereocenters. The van der Waals surface area contributed by atoms with Crippen molar-refractivity contribution in [3.8, 4) is 0 Å². The van der Waals surface area contributed by atoms with Crippen LogP contribution in [0.25, 0.3) is 0 Å². The number of unbranched alkanes of at least 4 members (excludes halogenated alkanes) is 1. The van der Waals surface area contributed by atoms with Gasteiger partial charge in [-0.05, 0) is 47.3 Å². The fourth-order valence-corrected chi connectivity index (χ4v) is 3.01. The standard InChI is InChI=1S/C17H23F3N6O5S/c1-32(28,29)22-9-8-21-15-14(25-31-26-15)16(24-27)23-13-7-4-6-12(11-13)5-2-3-10-30-17(18,19)20/h4,6-7,11,22,27H,2-3,5,8-10H2,1H3,(H,21,26)(H,23,24). The highest BCUT2D eigenvalue weighted by Gasteiger charge is 2.28. The first-order valence-electron chi connectivity index (χ1n) is 9.37. The number of hydrogen-bond acceptors (Lipinski definition) is 9. The zero-order valence-corrected chi connectivity index (χ0v) is 17.8. The molecule has 4 N–H and O–H groups in total. The summed E-state index contributed by atoms with van der Waals surface area (Å²) in [6, 6.07) is 6.88. The molecule has 0 aliphatic carbocycles. The van der Waals surface area contributed by atoms with E-state index in [1.54, 1.807) is 24.3 Å². The lowest BCUT2D eigenvalue weighted by Gasteiger charge is -2.08. The molecule has 0 aliphatic rings. The average Bonchev–Trinajstić information content (AvgIpc) is 3.16. The summed E-state index contributed by atoms with van der Waals surface area (Å²) in [7, 11) is -3.34. The highest BCUT2D eigenvalue weighted by molar-refractivity contribution is 7.88. The highest BCUT2D eigenvalue weighted by atomic mass is 32.2. The van der Waals surface area contributed by atoms with Crippen molar-refractivity contribution >= 4 is 27.4 Å². The molecule has 1 heterocycles. The van der Waals surface area contributed by atoms with Gasteiger partial charge in [-0.25, -0.2) is 22.8 Å². The van der Waals surface area contributed by atoms with Crippen molar-refractivity contribution in [1.29, 1.82) is 0 Å². The number of ether oxygens (including phenoxy) is 1. The van der Waals surface area contributed by atoms with Crippen LogP contribution in [0.2, 0.25) is 0 Å². The van der Waals surface area contributed by atoms with Gasteiger partial charge in [0, 0.05) is 13.1 Å². The maximum Gasteiger partial charge on any atom is 0.522 e. The van der Waals surface area contributed by atoms with Crippen molar-refractivity contribution in [3.63, 3.8) is 0 Å². The Morgan fingerprint density at radius 1 is 1.25 bits per heavy atom. The fraction of sp³-hybridized carbons (Fsp3) is 0.471. The van der Waals surface area contributed by atoms with Crippen LogP contribution in [0, 0.1) is 0 Å². The quantitative estimate of drug-likeness (QED) is 0.155. The average molecular weight is 480 g/mol. The number of aliphatic imine (C=N–C) groups is 1. The van der Waals surface area contributed by atoms with E-state index in [0.29, 0.717) is 18.5 Å². The Kier molecular flexibility index (Phi) is 9.37. The van der Waals surface area contributed by atoms with Gasteiger partial charge in [-0.2, -0.15) is 0 Å². The second-order valence-electron chi connectivity index (χ2n) is 6.55. The van der Waals surface area contributed by atoms with Crippen LogP contribution in [0.15, 0.2) is 33.9 Å². The number of halogens is 3. The van der Waals surface area contributed by atoms with Crippen molar-refractivity contribution < 1.29 is 36.2 Å². The van der Waals surface area contributed by atoms with Gasteiger partial charge in [0.1, 0.15) is 0 Å². The number of alkyl halides is 3. The van der Waals surface area contributed by atoms with Crippen molar-refractivity contribution in [3.05, 3.63) is 35.5 Å². The van der Waals surface area contributed by atoms with Gasteiger partial charge in [-0.15, -0.1) is 13.2 Å². The Morgan fingerprint density at radius 3 is 2.72 bits per heavy atom. The summed E-state index contributed by atoms with van der Waals surface area (Å²) in [4.78, 5) is 4.25. The van der Waals surface area contributed by atoms with Gasteiger partial charge in [-0.1, -0.05) is 12.1 Å². The third-order valence-corrected chi connectivity index (χ3v) is 4.61. The molecular formula is C17H23F3N6O5S. The van der Waals surface area contributed by atoms with Crippen LogP contribution < -0.4 is 15.5 Å². The largest absolute Gasteiger partial charge is 0.522 e. The lowest BCUT2D eigenvalue weighted by molar-refractivity contribution is -0.324. The molecule has 11 nitrogen and oxygen atoms in total. The Morgan fingerprint density at radius 2 is 2.03 bits per heavy atom. The normalized spacial score (nSPS) is 12.7. The zero-order valence-electron chi connectivity index (χ0n) is 17.0. The predicted octanol–water partition coefficient (Wildman–Crippen LogP) is 1.95. The van der Waals surface area contributed by atoms with Gasteiger partial charge in [0.2, 0.25) is 15.8 Å². The molecule has 0 saturated carbocycles. The van der Waals surface area contributed by atoms with Crippen LogP contribution in [0.3, 0.4) is 0 Å². The van der Waals surface area contributed by atoms with E-state index in [-0.39, 0.29) is 36.9 Å². The van der Waals surface area contributed by atoms with Crippen molar-refractivity contribution in [2.75, 3.05) is 31.3 Å². The molecule has 0 radical (unpaired) electrons. The van der Waals surface area contributed by atoms with E-state index in [1.807, 2.05) is 5.48 Å². The van der Waals surface area contributed by atoms with E-state index in [0.717, 1.165) is 11.8 Å². The molecule has 15 heteroatoms. The van der Waals surface area contributed by atoms with Crippen LogP contribution in [0.1, 0.15) is 24.1 Å². The number of rotatable bonds is 12. The number of hydrogen-bond donors (Lipinski definition) is 4. The summed E-state index contributed by atoms with van der Waals surface area (Å²) >= 11 is 0. The summed E-state index contributed by atoms with van der Waals surface area (Å²) in [5, 5.41) is 19.6. The maximum atomic E-state index is 12.0. The summed E-state index contributed by atoms with van der Waals surface area (Å²) in [5.74, 6) is 0.0435. The molecular weight excluding hydrogens is 457 g/mol. The Labute approximate surface area is 182 Å². The summed E-state index contributed by atoms with van der Waals surface area (Å²) < 4.78 is 68.8. The number of benzene rings is 1. The Hall–Kier alpha value is -2.75. The molecule has 0 amide bonds. The van der Waals surface area contributed by atoms with E-state index in [4.69, 9.17) is 0 Å². The monoisotopic (exact) mass is 480 g/mol. The number of sulfonamides is 1. The fourth-order valence-electron chi connectivity index (χ4n) is 2.54. The zero-order chi connectivity index (χ0) is 23.6. The molecule has 2 rings (SSSR count). The van der Waals surface area contributed by atoms with Crippen molar-refractivity contribution in [2.24, 2.45) is 4.99 Å². The van der Waals surface area contributed by atoms with Gasteiger partial charge >= 0.3 is 6.36 Å². The first kappa shape index (κ1) is 25.5. The van der Waals surface area contributed by atoms with Gasteiger partial charge < -0.3 is 5.32 Å². The summed E-state index contributed by atoms with van der Waals surface area (Å²) in [6.07, 6.45) is -2.36. The molecule has 0 aliphatic heterocycles. The smallest absolute Gasteiger partial charge is 0.364 e. The molecule has 0 saturated heterocycles. The Balaban J connectivity index is 1.98. The lowest BCUT2D eigenvalue weighted by atomic mass is 10.1. The van der Waals surface area contributed by atoms with Crippen LogP contribution in [-0.2, 0) is 21.2 Å². The number of nitrogens with one attached hydrogen (secondary N) is 3. The second-order valence-corrected chi connectivity index (χ2v) is 8.38. The summed E-state index contributed by atoms with van der Waals surface area (Å²) in [6.45, 7) is -0.157. The van der Waals surface area contributed by atoms with E-state index in [9.17, 15) is 26.8 Å². The van der Waals surface area contributed by atoms with Crippen LogP contribution in [0.5, 0.6) is 0 Å². The first-order chi connectivity index (χ1) is 15.1. The van der Waals surface area contributed by atoms with E-state index in [2.05, 4.69) is 34.7 Å². The van der Waals surface area contributed by atoms with Crippen LogP contribution >= 0.6 is 0 Å². The van der Waals surface area contributed by atoms with Gasteiger partial charge in [-0.3, -0.25) is 15.4 Å². The Bertz CT molecular complexity index is 997. The van der Waals surface area contributed by atoms with Crippen molar-refractivity contribution in [2.45, 2.75) is 25.6 Å².